The molecule has 0 radical (unpaired) electrons. The summed E-state index contributed by atoms with van der Waals surface area (Å²) < 4.78 is 62.5. The predicted octanol–water partition coefficient (Wildman–Crippen LogP) is 5.19. The monoisotopic (exact) mass is 573 g/mol. The number of nitrogens with zero attached hydrogens (tertiary/aromatic N) is 6. The molecule has 3 aromatic heterocycles. The van der Waals surface area contributed by atoms with E-state index in [0.29, 0.717) is 23.7 Å². The third kappa shape index (κ3) is 6.03. The SMILES string of the molecule is CC(C)c1ccc(N2C[C@H](CS(C)(=O)=O)[C@H]2C)c2cnc(Nc3ccnc(-c4cnn(CC(F)(F)F)c4)n3)cc12. The lowest BCUT2D eigenvalue weighted by atomic mass is 9.88. The van der Waals surface area contributed by atoms with Crippen LogP contribution in [0.1, 0.15) is 32.3 Å². The van der Waals surface area contributed by atoms with Crippen molar-refractivity contribution < 1.29 is 21.6 Å². The molecular formula is C27H30F3N7O2S. The number of pyridine rings is 1. The van der Waals surface area contributed by atoms with E-state index in [9.17, 15) is 21.6 Å². The first kappa shape index (κ1) is 27.8. The number of alkyl halides is 3. The van der Waals surface area contributed by atoms with Crippen molar-refractivity contribution in [1.82, 2.24) is 24.7 Å². The molecule has 1 aliphatic heterocycles. The van der Waals surface area contributed by atoms with Crippen LogP contribution in [0.15, 0.2) is 49.1 Å². The molecule has 40 heavy (non-hydrogen) atoms. The van der Waals surface area contributed by atoms with Gasteiger partial charge in [-0.15, -0.1) is 0 Å². The van der Waals surface area contributed by atoms with E-state index in [2.05, 4.69) is 56.2 Å². The van der Waals surface area contributed by atoms with E-state index < -0.39 is 22.6 Å². The van der Waals surface area contributed by atoms with E-state index >= 15 is 0 Å². The Hall–Kier alpha value is -3.74. The van der Waals surface area contributed by atoms with Crippen LogP contribution in [0.4, 0.5) is 30.5 Å². The number of nitrogens with one attached hydrogen (secondary N) is 1. The molecule has 1 saturated heterocycles. The summed E-state index contributed by atoms with van der Waals surface area (Å²) in [5, 5.41) is 8.94. The van der Waals surface area contributed by atoms with Gasteiger partial charge in [0.15, 0.2) is 5.82 Å². The van der Waals surface area contributed by atoms with Gasteiger partial charge in [-0.2, -0.15) is 18.3 Å². The maximum atomic E-state index is 12.7. The van der Waals surface area contributed by atoms with Gasteiger partial charge in [-0.3, -0.25) is 4.68 Å². The summed E-state index contributed by atoms with van der Waals surface area (Å²) in [5.41, 5.74) is 2.52. The summed E-state index contributed by atoms with van der Waals surface area (Å²) in [7, 11) is -3.05. The Morgan fingerprint density at radius 2 is 1.88 bits per heavy atom. The number of fused-ring (bicyclic) bond motifs is 1. The highest BCUT2D eigenvalue weighted by Crippen LogP contribution is 2.39. The largest absolute Gasteiger partial charge is 0.408 e. The Labute approximate surface area is 230 Å². The van der Waals surface area contributed by atoms with E-state index in [1.54, 1.807) is 12.3 Å². The fourth-order valence-corrected chi connectivity index (χ4v) is 6.26. The molecule has 1 aromatic carbocycles. The molecule has 0 aliphatic carbocycles. The van der Waals surface area contributed by atoms with Crippen LogP contribution in [-0.4, -0.2) is 63.9 Å². The van der Waals surface area contributed by atoms with Crippen LogP contribution >= 0.6 is 0 Å². The predicted molar refractivity (Wildman–Crippen MR) is 148 cm³/mol. The maximum absolute atomic E-state index is 12.7. The van der Waals surface area contributed by atoms with Gasteiger partial charge in [0.2, 0.25) is 0 Å². The third-order valence-corrected chi connectivity index (χ3v) is 8.14. The number of hydrogen-bond donors (Lipinski definition) is 1. The maximum Gasteiger partial charge on any atom is 0.408 e. The zero-order valence-electron chi connectivity index (χ0n) is 22.5. The fourth-order valence-electron chi connectivity index (χ4n) is 5.10. The second-order valence-electron chi connectivity index (χ2n) is 10.6. The molecule has 1 aliphatic rings. The van der Waals surface area contributed by atoms with Crippen molar-refractivity contribution in [2.45, 2.75) is 45.5 Å². The molecule has 1 fully saturated rings. The summed E-state index contributed by atoms with van der Waals surface area (Å²) in [6.07, 6.45) is 2.77. The van der Waals surface area contributed by atoms with Crippen LogP contribution in [0, 0.1) is 5.92 Å². The number of sulfone groups is 1. The van der Waals surface area contributed by atoms with E-state index in [4.69, 9.17) is 0 Å². The topological polar surface area (TPSA) is 106 Å². The first-order valence-corrected chi connectivity index (χ1v) is 14.9. The van der Waals surface area contributed by atoms with Crippen LogP contribution in [0.2, 0.25) is 0 Å². The zero-order chi connectivity index (χ0) is 28.8. The Morgan fingerprint density at radius 3 is 2.55 bits per heavy atom. The number of halogens is 3. The normalized spacial score (nSPS) is 17.9. The number of aromatic nitrogens is 5. The highest BCUT2D eigenvalue weighted by Gasteiger charge is 2.38. The summed E-state index contributed by atoms with van der Waals surface area (Å²) in [6, 6.07) is 7.87. The first-order chi connectivity index (χ1) is 18.8. The molecular weight excluding hydrogens is 543 g/mol. The lowest BCUT2D eigenvalue weighted by molar-refractivity contribution is -0.142. The van der Waals surface area contributed by atoms with Crippen molar-refractivity contribution in [3.63, 3.8) is 0 Å². The van der Waals surface area contributed by atoms with Gasteiger partial charge in [0, 0.05) is 54.4 Å². The minimum absolute atomic E-state index is 0.0799. The lowest BCUT2D eigenvalue weighted by Crippen LogP contribution is -2.57. The molecule has 4 heterocycles. The second-order valence-corrected chi connectivity index (χ2v) is 12.8. The molecule has 2 atom stereocenters. The number of anilines is 3. The van der Waals surface area contributed by atoms with E-state index in [-0.39, 0.29) is 29.5 Å². The Bertz CT molecular complexity index is 1650. The molecule has 0 amide bonds. The van der Waals surface area contributed by atoms with Gasteiger partial charge in [0.25, 0.3) is 0 Å². The zero-order valence-corrected chi connectivity index (χ0v) is 23.3. The van der Waals surface area contributed by atoms with Crippen molar-refractivity contribution in [1.29, 1.82) is 0 Å². The van der Waals surface area contributed by atoms with E-state index in [0.717, 1.165) is 26.7 Å². The summed E-state index contributed by atoms with van der Waals surface area (Å²) in [4.78, 5) is 15.5. The van der Waals surface area contributed by atoms with E-state index in [1.165, 1.54) is 24.8 Å². The highest BCUT2D eigenvalue weighted by atomic mass is 32.2. The minimum Gasteiger partial charge on any atom is -0.368 e. The van der Waals surface area contributed by atoms with Crippen molar-refractivity contribution in [2.24, 2.45) is 5.92 Å². The first-order valence-electron chi connectivity index (χ1n) is 12.8. The van der Waals surface area contributed by atoms with Gasteiger partial charge < -0.3 is 10.2 Å². The van der Waals surface area contributed by atoms with Gasteiger partial charge in [-0.05, 0) is 42.0 Å². The Kier molecular flexibility index (Phi) is 7.19. The van der Waals surface area contributed by atoms with E-state index in [1.807, 2.05) is 13.0 Å². The smallest absolute Gasteiger partial charge is 0.368 e. The molecule has 0 bridgehead atoms. The van der Waals surface area contributed by atoms with Crippen molar-refractivity contribution in [3.05, 3.63) is 54.6 Å². The van der Waals surface area contributed by atoms with Gasteiger partial charge in [-0.25, -0.2) is 23.4 Å². The molecule has 0 saturated carbocycles. The van der Waals surface area contributed by atoms with Gasteiger partial charge >= 0.3 is 6.18 Å². The molecule has 0 unspecified atom stereocenters. The molecule has 4 aromatic rings. The van der Waals surface area contributed by atoms with Gasteiger partial charge in [0.1, 0.15) is 28.0 Å². The van der Waals surface area contributed by atoms with Gasteiger partial charge in [0.05, 0.1) is 17.5 Å². The third-order valence-electron chi connectivity index (χ3n) is 7.11. The van der Waals surface area contributed by atoms with Crippen molar-refractivity contribution in [3.8, 4) is 11.4 Å². The van der Waals surface area contributed by atoms with Gasteiger partial charge in [-0.1, -0.05) is 19.9 Å². The molecule has 212 valence electrons. The van der Waals surface area contributed by atoms with Crippen LogP contribution in [0.3, 0.4) is 0 Å². The number of hydrogen-bond acceptors (Lipinski definition) is 8. The molecule has 0 spiro atoms. The summed E-state index contributed by atoms with van der Waals surface area (Å²) in [6.45, 7) is 5.75. The van der Waals surface area contributed by atoms with Crippen LogP contribution in [0.5, 0.6) is 0 Å². The fraction of sp³-hybridized carbons (Fsp3) is 0.407. The van der Waals surface area contributed by atoms with Crippen LogP contribution < -0.4 is 10.2 Å². The summed E-state index contributed by atoms with van der Waals surface area (Å²) >= 11 is 0. The lowest BCUT2D eigenvalue weighted by Gasteiger charge is -2.48. The highest BCUT2D eigenvalue weighted by molar-refractivity contribution is 7.90. The van der Waals surface area contributed by atoms with Crippen molar-refractivity contribution in [2.75, 3.05) is 28.8 Å². The minimum atomic E-state index is -4.38. The van der Waals surface area contributed by atoms with Crippen molar-refractivity contribution >= 4 is 37.9 Å². The number of benzene rings is 1. The summed E-state index contributed by atoms with van der Waals surface area (Å²) in [5.74, 6) is 1.72. The average Bonchev–Trinajstić information content (AvgIpc) is 3.32. The molecule has 5 rings (SSSR count). The quantitative estimate of drug-likeness (QED) is 0.307. The molecule has 9 nitrogen and oxygen atoms in total. The van der Waals surface area contributed by atoms with Crippen LogP contribution in [-0.2, 0) is 16.4 Å². The average molecular weight is 574 g/mol. The molecule has 13 heteroatoms. The Morgan fingerprint density at radius 1 is 1.10 bits per heavy atom. The molecule has 1 N–H and O–H groups in total. The Balaban J connectivity index is 1.42. The van der Waals surface area contributed by atoms with Crippen LogP contribution in [0.25, 0.3) is 22.2 Å². The standard InChI is InChI=1S/C27H30F3N7O2S/c1-16(2)20-5-6-23(37-13-19(17(37)3)14-40(4,38)39)22-11-32-25(9-21(20)22)34-24-7-8-31-26(35-24)18-10-33-36(12-18)15-27(28,29)30/h5-12,16-17,19H,13-15H2,1-4H3,(H,31,32,34,35)/t17-,19-/m1/s1. The number of rotatable bonds is 8. The second kappa shape index (κ2) is 10.3.